The third kappa shape index (κ3) is 5.98. The Bertz CT molecular complexity index is 430. The average Bonchev–Trinajstić information content (AvgIpc) is 2.54. The van der Waals surface area contributed by atoms with Gasteiger partial charge in [0, 0.05) is 19.0 Å². The molecule has 2 rings (SSSR count). The van der Waals surface area contributed by atoms with Crippen LogP contribution in [0.1, 0.15) is 57.1 Å². The molecule has 3 nitrogen and oxygen atoms in total. The molecule has 0 bridgehead atoms. The van der Waals surface area contributed by atoms with Crippen molar-refractivity contribution in [1.29, 1.82) is 0 Å². The second-order valence-electron chi connectivity index (χ2n) is 6.32. The van der Waals surface area contributed by atoms with Gasteiger partial charge in [-0.2, -0.15) is 0 Å². The van der Waals surface area contributed by atoms with Gasteiger partial charge >= 0.3 is 0 Å². The zero-order valence-electron chi connectivity index (χ0n) is 13.5. The Balaban J connectivity index is 0.00000242. The third-order valence-electron chi connectivity index (χ3n) is 4.76. The first kappa shape index (κ1) is 19.0. The number of benzene rings is 1. The molecular formula is C18H29ClN2O. The number of nitrogens with one attached hydrogen (secondary N) is 1. The molecule has 3 N–H and O–H groups in total. The van der Waals surface area contributed by atoms with Gasteiger partial charge < -0.3 is 11.1 Å². The lowest BCUT2D eigenvalue weighted by Gasteiger charge is -2.28. The summed E-state index contributed by atoms with van der Waals surface area (Å²) in [6.07, 6.45) is 6.81. The molecule has 1 aliphatic carbocycles. The second-order valence-corrected chi connectivity index (χ2v) is 6.32. The molecule has 1 unspecified atom stereocenters. The van der Waals surface area contributed by atoms with E-state index in [1.165, 1.54) is 32.1 Å². The van der Waals surface area contributed by atoms with Gasteiger partial charge in [0.05, 0.1) is 0 Å². The maximum Gasteiger partial charge on any atom is 0.221 e. The normalized spacial score (nSPS) is 22.5. The molecule has 0 aromatic heterocycles. The van der Waals surface area contributed by atoms with Crippen LogP contribution < -0.4 is 11.1 Å². The summed E-state index contributed by atoms with van der Waals surface area (Å²) in [7, 11) is 0. The van der Waals surface area contributed by atoms with Crippen LogP contribution in [0.5, 0.6) is 0 Å². The van der Waals surface area contributed by atoms with Gasteiger partial charge in [-0.15, -0.1) is 12.4 Å². The van der Waals surface area contributed by atoms with E-state index in [4.69, 9.17) is 5.73 Å². The van der Waals surface area contributed by atoms with Crippen LogP contribution >= 0.6 is 12.4 Å². The number of nitrogens with two attached hydrogens (primary N) is 1. The van der Waals surface area contributed by atoms with Gasteiger partial charge in [-0.05, 0) is 30.2 Å². The Morgan fingerprint density at radius 1 is 1.18 bits per heavy atom. The predicted molar refractivity (Wildman–Crippen MR) is 94.0 cm³/mol. The number of halogens is 1. The summed E-state index contributed by atoms with van der Waals surface area (Å²) in [5.74, 6) is 1.64. The van der Waals surface area contributed by atoms with E-state index in [9.17, 15) is 4.79 Å². The van der Waals surface area contributed by atoms with Gasteiger partial charge in [0.15, 0.2) is 0 Å². The van der Waals surface area contributed by atoms with E-state index in [-0.39, 0.29) is 24.4 Å². The lowest BCUT2D eigenvalue weighted by Crippen LogP contribution is -2.33. The van der Waals surface area contributed by atoms with Crippen molar-refractivity contribution in [3.05, 3.63) is 35.9 Å². The summed E-state index contributed by atoms with van der Waals surface area (Å²) in [5, 5.41) is 3.07. The molecule has 0 heterocycles. The molecule has 1 aromatic carbocycles. The molecule has 0 saturated heterocycles. The average molecular weight is 325 g/mol. The lowest BCUT2D eigenvalue weighted by molar-refractivity contribution is -0.121. The smallest absolute Gasteiger partial charge is 0.221 e. The van der Waals surface area contributed by atoms with Crippen LogP contribution in [0.2, 0.25) is 0 Å². The predicted octanol–water partition coefficient (Wildman–Crippen LogP) is 3.83. The molecule has 1 saturated carbocycles. The van der Waals surface area contributed by atoms with Crippen molar-refractivity contribution in [3.8, 4) is 0 Å². The Morgan fingerprint density at radius 3 is 2.36 bits per heavy atom. The summed E-state index contributed by atoms with van der Waals surface area (Å²) in [6.45, 7) is 3.09. The monoisotopic (exact) mass is 324 g/mol. The van der Waals surface area contributed by atoms with Crippen molar-refractivity contribution in [2.45, 2.75) is 51.5 Å². The highest BCUT2D eigenvalue weighted by Crippen LogP contribution is 2.30. The van der Waals surface area contributed by atoms with Crippen molar-refractivity contribution in [3.63, 3.8) is 0 Å². The fraction of sp³-hybridized carbons (Fsp3) is 0.611. The van der Waals surface area contributed by atoms with Crippen molar-refractivity contribution in [2.75, 3.05) is 6.54 Å². The van der Waals surface area contributed by atoms with E-state index in [1.807, 2.05) is 30.3 Å². The lowest BCUT2D eigenvalue weighted by atomic mass is 9.81. The van der Waals surface area contributed by atoms with E-state index in [0.29, 0.717) is 12.3 Å². The Labute approximate surface area is 140 Å². The molecule has 1 aromatic rings. The standard InChI is InChI=1S/C18H28N2O.ClH/c1-2-14-8-10-15(11-9-14)13-20-18(21)12-17(19)16-6-4-3-5-7-16;/h3-7,14-15,17H,2,8-13,19H2,1H3,(H,20,21);1H. The fourth-order valence-corrected chi connectivity index (χ4v) is 3.19. The van der Waals surface area contributed by atoms with Crippen LogP contribution in [0, 0.1) is 11.8 Å². The van der Waals surface area contributed by atoms with Gasteiger partial charge in [0.1, 0.15) is 0 Å². The summed E-state index contributed by atoms with van der Waals surface area (Å²) < 4.78 is 0. The maximum atomic E-state index is 12.0. The van der Waals surface area contributed by atoms with E-state index in [1.54, 1.807) is 0 Å². The number of carbonyl (C=O) groups excluding carboxylic acids is 1. The molecule has 1 fully saturated rings. The van der Waals surface area contributed by atoms with Crippen LogP contribution in [0.3, 0.4) is 0 Å². The topological polar surface area (TPSA) is 55.1 Å². The molecule has 124 valence electrons. The minimum atomic E-state index is -0.206. The highest BCUT2D eigenvalue weighted by Gasteiger charge is 2.20. The molecule has 0 spiro atoms. The number of hydrogen-bond acceptors (Lipinski definition) is 2. The molecule has 22 heavy (non-hydrogen) atoms. The molecule has 4 heteroatoms. The number of rotatable bonds is 6. The number of carbonyl (C=O) groups is 1. The molecule has 1 atom stereocenters. The van der Waals surface area contributed by atoms with Gasteiger partial charge in [-0.3, -0.25) is 4.79 Å². The summed E-state index contributed by atoms with van der Waals surface area (Å²) in [4.78, 5) is 12.0. The minimum absolute atomic E-state index is 0. The summed E-state index contributed by atoms with van der Waals surface area (Å²) in [5.41, 5.74) is 7.10. The van der Waals surface area contributed by atoms with Crippen molar-refractivity contribution >= 4 is 18.3 Å². The Hall–Kier alpha value is -1.06. The summed E-state index contributed by atoms with van der Waals surface area (Å²) >= 11 is 0. The molecule has 1 amide bonds. The van der Waals surface area contributed by atoms with Gasteiger partial charge in [0.2, 0.25) is 5.91 Å². The van der Waals surface area contributed by atoms with Crippen LogP contribution in [-0.2, 0) is 4.79 Å². The van der Waals surface area contributed by atoms with E-state index in [2.05, 4.69) is 12.2 Å². The zero-order valence-corrected chi connectivity index (χ0v) is 14.3. The highest BCUT2D eigenvalue weighted by molar-refractivity contribution is 5.85. The zero-order chi connectivity index (χ0) is 15.1. The van der Waals surface area contributed by atoms with Crippen molar-refractivity contribution < 1.29 is 4.79 Å². The Morgan fingerprint density at radius 2 is 1.77 bits per heavy atom. The quantitative estimate of drug-likeness (QED) is 0.835. The molecular weight excluding hydrogens is 296 g/mol. The number of hydrogen-bond donors (Lipinski definition) is 2. The third-order valence-corrected chi connectivity index (χ3v) is 4.76. The van der Waals surface area contributed by atoms with Crippen LogP contribution in [0.4, 0.5) is 0 Å². The number of amides is 1. The van der Waals surface area contributed by atoms with E-state index in [0.717, 1.165) is 18.0 Å². The first-order valence-electron chi connectivity index (χ1n) is 8.26. The second kappa shape index (κ2) is 9.86. The highest BCUT2D eigenvalue weighted by atomic mass is 35.5. The van der Waals surface area contributed by atoms with Crippen molar-refractivity contribution in [1.82, 2.24) is 5.32 Å². The first-order chi connectivity index (χ1) is 10.2. The van der Waals surface area contributed by atoms with Crippen LogP contribution in [0.25, 0.3) is 0 Å². The fourth-order valence-electron chi connectivity index (χ4n) is 3.19. The van der Waals surface area contributed by atoms with Crippen molar-refractivity contribution in [2.24, 2.45) is 17.6 Å². The van der Waals surface area contributed by atoms with E-state index >= 15 is 0 Å². The summed E-state index contributed by atoms with van der Waals surface area (Å²) in [6, 6.07) is 9.62. The van der Waals surface area contributed by atoms with Gasteiger partial charge in [0.25, 0.3) is 0 Å². The SMILES string of the molecule is CCC1CCC(CNC(=O)CC(N)c2ccccc2)CC1.Cl. The van der Waals surface area contributed by atoms with Gasteiger partial charge in [-0.25, -0.2) is 0 Å². The maximum absolute atomic E-state index is 12.0. The van der Waals surface area contributed by atoms with Gasteiger partial charge in [-0.1, -0.05) is 56.5 Å². The largest absolute Gasteiger partial charge is 0.356 e. The van der Waals surface area contributed by atoms with E-state index < -0.39 is 0 Å². The molecule has 1 aliphatic rings. The Kier molecular flexibility index (Phi) is 8.51. The first-order valence-corrected chi connectivity index (χ1v) is 8.26. The van der Waals surface area contributed by atoms with Crippen LogP contribution in [-0.4, -0.2) is 12.5 Å². The van der Waals surface area contributed by atoms with Crippen LogP contribution in [0.15, 0.2) is 30.3 Å². The molecule has 0 radical (unpaired) electrons. The molecule has 0 aliphatic heterocycles. The minimum Gasteiger partial charge on any atom is -0.356 e.